The Kier molecular flexibility index (Phi) is 4.55. The van der Waals surface area contributed by atoms with E-state index in [9.17, 15) is 19.2 Å². The molecule has 0 aromatic rings. The molecule has 0 saturated carbocycles. The molecule has 0 aromatic heterocycles. The van der Waals surface area contributed by atoms with Crippen LogP contribution in [-0.4, -0.2) is 66.8 Å². The van der Waals surface area contributed by atoms with Crippen LogP contribution >= 0.6 is 0 Å². The fourth-order valence-corrected chi connectivity index (χ4v) is 6.69. The Labute approximate surface area is 186 Å². The Bertz CT molecular complexity index is 931. The van der Waals surface area contributed by atoms with Crippen LogP contribution in [0.1, 0.15) is 47.0 Å². The van der Waals surface area contributed by atoms with E-state index in [2.05, 4.69) is 5.32 Å². The van der Waals surface area contributed by atoms with Crippen LogP contribution in [0.4, 0.5) is 0 Å². The van der Waals surface area contributed by atoms with Gasteiger partial charge in [-0.2, -0.15) is 0 Å². The summed E-state index contributed by atoms with van der Waals surface area (Å²) >= 11 is 0. The van der Waals surface area contributed by atoms with Crippen LogP contribution in [0, 0.1) is 22.2 Å². The molecule has 174 valence electrons. The van der Waals surface area contributed by atoms with Gasteiger partial charge in [0.25, 0.3) is 5.91 Å². The third-order valence-corrected chi connectivity index (χ3v) is 7.85. The van der Waals surface area contributed by atoms with E-state index in [1.165, 1.54) is 6.92 Å². The van der Waals surface area contributed by atoms with Gasteiger partial charge in [0.15, 0.2) is 12.3 Å². The van der Waals surface area contributed by atoms with E-state index in [1.54, 1.807) is 11.0 Å². The van der Waals surface area contributed by atoms with Gasteiger partial charge in [0.2, 0.25) is 0 Å². The number of hydrogen-bond acceptors (Lipinski definition) is 8. The number of hydrogen-bond donors (Lipinski definition) is 1. The molecule has 0 bridgehead atoms. The van der Waals surface area contributed by atoms with E-state index in [1.807, 2.05) is 20.8 Å². The first-order valence-corrected chi connectivity index (χ1v) is 11.3. The molecule has 2 spiro atoms. The van der Waals surface area contributed by atoms with Crippen LogP contribution in [0.3, 0.4) is 0 Å². The van der Waals surface area contributed by atoms with Gasteiger partial charge in [-0.15, -0.1) is 0 Å². The Morgan fingerprint density at radius 1 is 1.22 bits per heavy atom. The zero-order chi connectivity index (χ0) is 23.1. The van der Waals surface area contributed by atoms with E-state index < -0.39 is 52.6 Å². The summed E-state index contributed by atoms with van der Waals surface area (Å²) in [6.07, 6.45) is 0.368. The molecule has 1 amide bonds. The monoisotopic (exact) mass is 446 g/mol. The first-order chi connectivity index (χ1) is 15.0. The van der Waals surface area contributed by atoms with Gasteiger partial charge in [-0.1, -0.05) is 20.8 Å². The van der Waals surface area contributed by atoms with Gasteiger partial charge in [-0.3, -0.25) is 19.2 Å². The molecule has 5 rings (SSSR count). The molecule has 0 aromatic carbocycles. The highest BCUT2D eigenvalue weighted by Crippen LogP contribution is 2.72. The molecule has 0 radical (unpaired) electrons. The highest BCUT2D eigenvalue weighted by Gasteiger charge is 2.87. The summed E-state index contributed by atoms with van der Waals surface area (Å²) in [5.41, 5.74) is -2.42. The highest BCUT2D eigenvalue weighted by atomic mass is 16.6. The Morgan fingerprint density at radius 2 is 1.91 bits per heavy atom. The van der Waals surface area contributed by atoms with Crippen LogP contribution in [0.2, 0.25) is 0 Å². The van der Waals surface area contributed by atoms with Crippen molar-refractivity contribution in [1.29, 1.82) is 0 Å². The van der Waals surface area contributed by atoms with Crippen molar-refractivity contribution in [3.05, 3.63) is 11.6 Å². The fraction of sp³-hybridized carbons (Fsp3) is 0.739. The van der Waals surface area contributed by atoms with Crippen LogP contribution in [0.25, 0.3) is 0 Å². The normalized spacial score (nSPS) is 38.8. The summed E-state index contributed by atoms with van der Waals surface area (Å²) < 4.78 is 17.2. The minimum absolute atomic E-state index is 0.199. The molecule has 1 N–H and O–H groups in total. The van der Waals surface area contributed by atoms with E-state index >= 15 is 0 Å². The largest absolute Gasteiger partial charge is 0.457 e. The topological polar surface area (TPSA) is 111 Å². The summed E-state index contributed by atoms with van der Waals surface area (Å²) in [6, 6.07) is 0. The van der Waals surface area contributed by atoms with Gasteiger partial charge in [0, 0.05) is 13.5 Å². The number of carbonyl (C=O) groups is 4. The van der Waals surface area contributed by atoms with Gasteiger partial charge in [-0.05, 0) is 48.9 Å². The lowest BCUT2D eigenvalue weighted by atomic mass is 9.56. The van der Waals surface area contributed by atoms with E-state index in [-0.39, 0.29) is 18.2 Å². The number of rotatable bonds is 3. The Hall–Kier alpha value is -2.42. The van der Waals surface area contributed by atoms with Gasteiger partial charge in [-0.25, -0.2) is 0 Å². The molecule has 9 nitrogen and oxygen atoms in total. The van der Waals surface area contributed by atoms with Gasteiger partial charge >= 0.3 is 17.9 Å². The molecule has 4 heterocycles. The number of likely N-dealkylation sites (tertiary alicyclic amines) is 1. The summed E-state index contributed by atoms with van der Waals surface area (Å²) in [5.74, 6) is -1.82. The number of carbonyl (C=O) groups excluding carboxylic acids is 4. The van der Waals surface area contributed by atoms with E-state index in [0.717, 1.165) is 31.5 Å². The molecular weight excluding hydrogens is 416 g/mol. The van der Waals surface area contributed by atoms with Gasteiger partial charge in [0.05, 0.1) is 6.42 Å². The smallest absolute Gasteiger partial charge is 0.320 e. The summed E-state index contributed by atoms with van der Waals surface area (Å²) in [5, 5.41) is 3.31. The SMILES string of the molecule is CC(=O)O[C@H]1C(=O)N(CC2CCNCC2)[C@H]2OC(=O)[C@]34CC(=O)O[C@H]3C=C(C(C)(C)C)[C@@]214. The lowest BCUT2D eigenvalue weighted by molar-refractivity contribution is -0.167. The van der Waals surface area contributed by atoms with Crippen molar-refractivity contribution in [2.24, 2.45) is 22.2 Å². The van der Waals surface area contributed by atoms with Crippen molar-refractivity contribution in [3.63, 3.8) is 0 Å². The molecule has 4 saturated heterocycles. The van der Waals surface area contributed by atoms with Crippen LogP contribution in [0.5, 0.6) is 0 Å². The quantitative estimate of drug-likeness (QED) is 0.387. The van der Waals surface area contributed by atoms with Gasteiger partial charge in [0.1, 0.15) is 16.9 Å². The second-order valence-corrected chi connectivity index (χ2v) is 10.7. The average Bonchev–Trinajstić information content (AvgIpc) is 3.32. The maximum absolute atomic E-state index is 13.8. The average molecular weight is 447 g/mol. The molecule has 5 aliphatic rings. The summed E-state index contributed by atoms with van der Waals surface area (Å²) in [7, 11) is 0. The zero-order valence-electron chi connectivity index (χ0n) is 18.9. The highest BCUT2D eigenvalue weighted by molar-refractivity contribution is 5.99. The third kappa shape index (κ3) is 2.54. The van der Waals surface area contributed by atoms with Crippen LogP contribution in [-0.2, 0) is 33.4 Å². The lowest BCUT2D eigenvalue weighted by Crippen LogP contribution is -2.55. The molecule has 32 heavy (non-hydrogen) atoms. The van der Waals surface area contributed by atoms with Crippen molar-refractivity contribution in [2.75, 3.05) is 19.6 Å². The fourth-order valence-electron chi connectivity index (χ4n) is 6.69. The first-order valence-electron chi connectivity index (χ1n) is 11.3. The minimum atomic E-state index is -1.41. The number of ether oxygens (including phenoxy) is 3. The van der Waals surface area contributed by atoms with Gasteiger partial charge < -0.3 is 24.4 Å². The standard InChI is InChI=1S/C23H30N2O7/c1-12(26)30-17-18(28)25(11-13-5-7-24-8-6-13)19-23(17)14(21(2,3)4)9-15-22(23,20(29)32-19)10-16(27)31-15/h9,13,15,17,19,24H,5-8,10-11H2,1-4H3/t15-,17-,19-,22-,23-/m0/s1. The molecule has 0 unspecified atom stereocenters. The number of nitrogens with zero attached hydrogens (tertiary/aromatic N) is 1. The van der Waals surface area contributed by atoms with Crippen molar-refractivity contribution in [3.8, 4) is 0 Å². The number of amides is 1. The molecular formula is C23H30N2O7. The maximum atomic E-state index is 13.8. The Balaban J connectivity index is 1.68. The second-order valence-electron chi connectivity index (χ2n) is 10.7. The predicted octanol–water partition coefficient (Wildman–Crippen LogP) is 0.917. The Morgan fingerprint density at radius 3 is 2.53 bits per heavy atom. The number of esters is 3. The molecule has 4 aliphatic heterocycles. The second kappa shape index (κ2) is 6.79. The van der Waals surface area contributed by atoms with Crippen molar-refractivity contribution >= 4 is 23.8 Å². The molecule has 5 atom stereocenters. The van der Waals surface area contributed by atoms with Crippen LogP contribution in [0.15, 0.2) is 11.6 Å². The van der Waals surface area contributed by atoms with E-state index in [4.69, 9.17) is 14.2 Å². The molecule has 9 heteroatoms. The molecule has 4 fully saturated rings. The van der Waals surface area contributed by atoms with E-state index in [0.29, 0.717) is 6.54 Å². The lowest BCUT2D eigenvalue weighted by Gasteiger charge is -2.43. The number of piperidine rings is 1. The van der Waals surface area contributed by atoms with Crippen molar-refractivity contribution in [2.45, 2.75) is 65.4 Å². The molecule has 1 aliphatic carbocycles. The zero-order valence-corrected chi connectivity index (χ0v) is 18.9. The summed E-state index contributed by atoms with van der Waals surface area (Å²) in [4.78, 5) is 53.5. The van der Waals surface area contributed by atoms with Crippen molar-refractivity contribution in [1.82, 2.24) is 10.2 Å². The summed E-state index contributed by atoms with van der Waals surface area (Å²) in [6.45, 7) is 9.32. The van der Waals surface area contributed by atoms with Crippen molar-refractivity contribution < 1.29 is 33.4 Å². The van der Waals surface area contributed by atoms with Crippen LogP contribution < -0.4 is 5.32 Å². The number of nitrogens with one attached hydrogen (secondary N) is 1. The third-order valence-electron chi connectivity index (χ3n) is 7.85. The first kappa shape index (κ1) is 21.4. The minimum Gasteiger partial charge on any atom is -0.457 e. The maximum Gasteiger partial charge on any atom is 0.320 e. The predicted molar refractivity (Wildman–Crippen MR) is 110 cm³/mol.